The van der Waals surface area contributed by atoms with Crippen LogP contribution >= 0.6 is 15.9 Å². The van der Waals surface area contributed by atoms with Crippen LogP contribution in [0, 0.1) is 10.8 Å². The van der Waals surface area contributed by atoms with E-state index in [-0.39, 0.29) is 0 Å². The Morgan fingerprint density at radius 3 is 2.29 bits per heavy atom. The van der Waals surface area contributed by atoms with Gasteiger partial charge in [-0.25, -0.2) is 9.97 Å². The molecule has 1 heterocycles. The van der Waals surface area contributed by atoms with Crippen LogP contribution in [0.15, 0.2) is 10.8 Å². The largest absolute Gasteiger partial charge is 0.369 e. The molecule has 2 rings (SSSR count). The van der Waals surface area contributed by atoms with Crippen LogP contribution < -0.4 is 10.6 Å². The van der Waals surface area contributed by atoms with Crippen molar-refractivity contribution in [1.29, 1.82) is 0 Å². The maximum absolute atomic E-state index is 4.40. The van der Waals surface area contributed by atoms with E-state index < -0.39 is 0 Å². The fraction of sp³-hybridized carbons (Fsp3) is 0.750. The fourth-order valence-electron chi connectivity index (χ4n) is 3.90. The first-order valence-electron chi connectivity index (χ1n) is 7.73. The Kier molecular flexibility index (Phi) is 4.81. The Balaban J connectivity index is 2.16. The first-order chi connectivity index (χ1) is 9.72. The van der Waals surface area contributed by atoms with Crippen LogP contribution in [0.3, 0.4) is 0 Å². The van der Waals surface area contributed by atoms with Gasteiger partial charge in [0.1, 0.15) is 22.4 Å². The number of hydrogen-bond donors (Lipinski definition) is 2. The molecule has 5 heteroatoms. The second-order valence-electron chi connectivity index (χ2n) is 7.67. The summed E-state index contributed by atoms with van der Waals surface area (Å²) in [5.74, 6) is 1.74. The Morgan fingerprint density at radius 1 is 1.14 bits per heavy atom. The number of aromatic nitrogens is 2. The SMILES string of the molecule is CCNc1ncnc(NC2CC(C)(C)CC(C)(C)C2)c1Br. The van der Waals surface area contributed by atoms with Crippen molar-refractivity contribution in [2.24, 2.45) is 10.8 Å². The molecule has 0 radical (unpaired) electrons. The smallest absolute Gasteiger partial charge is 0.146 e. The fourth-order valence-corrected chi connectivity index (χ4v) is 4.36. The lowest BCUT2D eigenvalue weighted by Crippen LogP contribution is -2.40. The van der Waals surface area contributed by atoms with Crippen molar-refractivity contribution >= 4 is 27.6 Å². The summed E-state index contributed by atoms with van der Waals surface area (Å²) < 4.78 is 0.924. The highest BCUT2D eigenvalue weighted by atomic mass is 79.9. The molecule has 0 aromatic carbocycles. The molecule has 0 spiro atoms. The van der Waals surface area contributed by atoms with Gasteiger partial charge in [0.25, 0.3) is 0 Å². The van der Waals surface area contributed by atoms with Gasteiger partial charge in [-0.15, -0.1) is 0 Å². The van der Waals surface area contributed by atoms with Gasteiger partial charge in [-0.05, 0) is 52.9 Å². The number of rotatable bonds is 4. The molecule has 4 nitrogen and oxygen atoms in total. The van der Waals surface area contributed by atoms with E-state index in [1.165, 1.54) is 19.3 Å². The molecule has 0 amide bonds. The minimum absolute atomic E-state index is 0.365. The van der Waals surface area contributed by atoms with Gasteiger partial charge in [-0.3, -0.25) is 0 Å². The zero-order valence-corrected chi connectivity index (χ0v) is 15.3. The van der Waals surface area contributed by atoms with Crippen LogP contribution in [0.4, 0.5) is 11.6 Å². The molecular weight excluding hydrogens is 328 g/mol. The van der Waals surface area contributed by atoms with E-state index >= 15 is 0 Å². The van der Waals surface area contributed by atoms with Gasteiger partial charge in [-0.1, -0.05) is 27.7 Å². The summed E-state index contributed by atoms with van der Waals surface area (Å²) in [7, 11) is 0. The molecule has 0 aliphatic heterocycles. The molecule has 0 unspecified atom stereocenters. The van der Waals surface area contributed by atoms with Gasteiger partial charge >= 0.3 is 0 Å². The Morgan fingerprint density at radius 2 is 1.71 bits per heavy atom. The number of nitrogens with zero attached hydrogens (tertiary/aromatic N) is 2. The van der Waals surface area contributed by atoms with E-state index in [0.29, 0.717) is 16.9 Å². The average Bonchev–Trinajstić information content (AvgIpc) is 2.30. The summed E-state index contributed by atoms with van der Waals surface area (Å²) in [4.78, 5) is 8.67. The van der Waals surface area contributed by atoms with Crippen LogP contribution in [0.2, 0.25) is 0 Å². The molecule has 1 aliphatic carbocycles. The second kappa shape index (κ2) is 6.11. The van der Waals surface area contributed by atoms with Gasteiger partial charge in [0.05, 0.1) is 0 Å². The summed E-state index contributed by atoms with van der Waals surface area (Å²) in [6.07, 6.45) is 5.22. The topological polar surface area (TPSA) is 49.8 Å². The predicted molar refractivity (Wildman–Crippen MR) is 92.7 cm³/mol. The summed E-state index contributed by atoms with van der Waals surface area (Å²) in [6.45, 7) is 12.4. The Hall–Kier alpha value is -0.840. The third-order valence-electron chi connectivity index (χ3n) is 4.03. The maximum atomic E-state index is 4.40. The molecule has 0 atom stereocenters. The molecule has 1 aromatic heterocycles. The lowest BCUT2D eigenvalue weighted by atomic mass is 9.63. The van der Waals surface area contributed by atoms with Gasteiger partial charge in [0.2, 0.25) is 0 Å². The second-order valence-corrected chi connectivity index (χ2v) is 8.46. The molecule has 118 valence electrons. The summed E-state index contributed by atoms with van der Waals surface area (Å²) in [5, 5.41) is 6.87. The van der Waals surface area contributed by atoms with Crippen LogP contribution in [-0.4, -0.2) is 22.6 Å². The molecule has 1 aromatic rings. The minimum Gasteiger partial charge on any atom is -0.369 e. The van der Waals surface area contributed by atoms with E-state index in [1.807, 2.05) is 0 Å². The molecule has 2 N–H and O–H groups in total. The first-order valence-corrected chi connectivity index (χ1v) is 8.53. The summed E-state index contributed by atoms with van der Waals surface area (Å²) >= 11 is 3.62. The first kappa shape index (κ1) is 16.5. The highest BCUT2D eigenvalue weighted by Gasteiger charge is 2.38. The van der Waals surface area contributed by atoms with Gasteiger partial charge in [0.15, 0.2) is 0 Å². The lowest BCUT2D eigenvalue weighted by molar-refractivity contribution is 0.105. The lowest BCUT2D eigenvalue weighted by Gasteiger charge is -2.45. The zero-order valence-electron chi connectivity index (χ0n) is 13.8. The molecule has 21 heavy (non-hydrogen) atoms. The molecule has 1 aliphatic rings. The third-order valence-corrected chi connectivity index (χ3v) is 4.78. The molecule has 0 bridgehead atoms. The van der Waals surface area contributed by atoms with E-state index in [0.717, 1.165) is 22.7 Å². The number of nitrogens with one attached hydrogen (secondary N) is 2. The van der Waals surface area contributed by atoms with Crippen molar-refractivity contribution < 1.29 is 0 Å². The van der Waals surface area contributed by atoms with E-state index in [1.54, 1.807) is 6.33 Å². The highest BCUT2D eigenvalue weighted by molar-refractivity contribution is 9.10. The number of anilines is 2. The monoisotopic (exact) mass is 354 g/mol. The predicted octanol–water partition coefficient (Wildman–Crippen LogP) is 4.69. The average molecular weight is 355 g/mol. The van der Waals surface area contributed by atoms with Crippen molar-refractivity contribution in [3.63, 3.8) is 0 Å². The van der Waals surface area contributed by atoms with Crippen LogP contribution in [0.5, 0.6) is 0 Å². The minimum atomic E-state index is 0.365. The Labute approximate surface area is 136 Å². The number of hydrogen-bond acceptors (Lipinski definition) is 4. The van der Waals surface area contributed by atoms with Gasteiger partial charge < -0.3 is 10.6 Å². The van der Waals surface area contributed by atoms with Crippen molar-refractivity contribution in [1.82, 2.24) is 9.97 Å². The van der Waals surface area contributed by atoms with E-state index in [9.17, 15) is 0 Å². The third kappa shape index (κ3) is 4.31. The standard InChI is InChI=1S/C16H27BrN4/c1-6-18-13-12(17)14(20-10-19-13)21-11-7-15(2,3)9-16(4,5)8-11/h10-11H,6-9H2,1-5H3,(H2,18,19,20,21). The number of halogens is 1. The summed E-state index contributed by atoms with van der Waals surface area (Å²) in [6, 6.07) is 0.449. The highest BCUT2D eigenvalue weighted by Crippen LogP contribution is 2.46. The van der Waals surface area contributed by atoms with E-state index in [2.05, 4.69) is 71.2 Å². The normalized spacial score (nSPS) is 21.0. The van der Waals surface area contributed by atoms with Crippen LogP contribution in [0.25, 0.3) is 0 Å². The van der Waals surface area contributed by atoms with Crippen molar-refractivity contribution in [2.45, 2.75) is 59.9 Å². The van der Waals surface area contributed by atoms with Gasteiger partial charge in [0, 0.05) is 12.6 Å². The molecule has 0 saturated heterocycles. The van der Waals surface area contributed by atoms with Crippen LogP contribution in [0.1, 0.15) is 53.9 Å². The molecule has 1 fully saturated rings. The Bertz CT molecular complexity index is 483. The zero-order chi connectivity index (χ0) is 15.7. The molecule has 1 saturated carbocycles. The summed E-state index contributed by atoms with van der Waals surface area (Å²) in [5.41, 5.74) is 0.729. The van der Waals surface area contributed by atoms with Crippen LogP contribution in [-0.2, 0) is 0 Å². The maximum Gasteiger partial charge on any atom is 0.146 e. The quantitative estimate of drug-likeness (QED) is 0.823. The van der Waals surface area contributed by atoms with Crippen molar-refractivity contribution in [3.8, 4) is 0 Å². The van der Waals surface area contributed by atoms with Gasteiger partial charge in [-0.2, -0.15) is 0 Å². The molecular formula is C16H27BrN4. The van der Waals surface area contributed by atoms with E-state index in [4.69, 9.17) is 0 Å². The van der Waals surface area contributed by atoms with Crippen molar-refractivity contribution in [2.75, 3.05) is 17.2 Å². The van der Waals surface area contributed by atoms with Crippen molar-refractivity contribution in [3.05, 3.63) is 10.8 Å².